The standard InChI is InChI=1S/C15H26N2O2/c1-5-18-14-8-6-7-9-15(14)19-11-10-16-13(2)12-17(3)4/h6-9,13,16H,5,10-12H2,1-4H3. The molecule has 4 heteroatoms. The zero-order chi connectivity index (χ0) is 14.1. The van der Waals surface area contributed by atoms with Gasteiger partial charge in [-0.2, -0.15) is 0 Å². The number of hydrogen-bond acceptors (Lipinski definition) is 4. The van der Waals surface area contributed by atoms with E-state index in [1.165, 1.54) is 0 Å². The van der Waals surface area contributed by atoms with E-state index < -0.39 is 0 Å². The summed E-state index contributed by atoms with van der Waals surface area (Å²) in [5.74, 6) is 1.62. The molecule has 1 atom stereocenters. The highest BCUT2D eigenvalue weighted by Crippen LogP contribution is 2.25. The summed E-state index contributed by atoms with van der Waals surface area (Å²) in [4.78, 5) is 2.17. The molecule has 4 nitrogen and oxygen atoms in total. The van der Waals surface area contributed by atoms with Gasteiger partial charge in [0, 0.05) is 19.1 Å². The first-order valence-corrected chi connectivity index (χ1v) is 6.86. The molecule has 0 radical (unpaired) electrons. The predicted molar refractivity (Wildman–Crippen MR) is 79.1 cm³/mol. The molecule has 19 heavy (non-hydrogen) atoms. The molecule has 0 aliphatic carbocycles. The fourth-order valence-electron chi connectivity index (χ4n) is 1.92. The van der Waals surface area contributed by atoms with Crippen LogP contribution in [0.3, 0.4) is 0 Å². The zero-order valence-corrected chi connectivity index (χ0v) is 12.5. The molecule has 1 unspecified atom stereocenters. The lowest BCUT2D eigenvalue weighted by molar-refractivity contribution is 0.266. The van der Waals surface area contributed by atoms with Crippen LogP contribution in [0.4, 0.5) is 0 Å². The van der Waals surface area contributed by atoms with Crippen LogP contribution in [-0.4, -0.2) is 51.3 Å². The fraction of sp³-hybridized carbons (Fsp3) is 0.600. The van der Waals surface area contributed by atoms with Gasteiger partial charge in [-0.1, -0.05) is 12.1 Å². The SMILES string of the molecule is CCOc1ccccc1OCCNC(C)CN(C)C. The number of rotatable bonds is 9. The Labute approximate surface area is 116 Å². The van der Waals surface area contributed by atoms with Crippen LogP contribution in [0.5, 0.6) is 11.5 Å². The highest BCUT2D eigenvalue weighted by Gasteiger charge is 2.04. The van der Waals surface area contributed by atoms with Gasteiger partial charge in [0.25, 0.3) is 0 Å². The number of para-hydroxylation sites is 2. The summed E-state index contributed by atoms with van der Waals surface area (Å²) < 4.78 is 11.3. The van der Waals surface area contributed by atoms with Crippen molar-refractivity contribution in [3.8, 4) is 11.5 Å². The van der Waals surface area contributed by atoms with E-state index >= 15 is 0 Å². The Balaban J connectivity index is 2.29. The summed E-state index contributed by atoms with van der Waals surface area (Å²) >= 11 is 0. The second-order valence-electron chi connectivity index (χ2n) is 4.85. The van der Waals surface area contributed by atoms with Gasteiger partial charge in [-0.25, -0.2) is 0 Å². The average molecular weight is 266 g/mol. The molecular formula is C15H26N2O2. The van der Waals surface area contributed by atoms with Gasteiger partial charge in [0.2, 0.25) is 0 Å². The maximum absolute atomic E-state index is 5.74. The molecule has 0 saturated heterocycles. The van der Waals surface area contributed by atoms with Crippen LogP contribution in [-0.2, 0) is 0 Å². The third kappa shape index (κ3) is 6.45. The third-order valence-corrected chi connectivity index (χ3v) is 2.64. The smallest absolute Gasteiger partial charge is 0.161 e. The summed E-state index contributed by atoms with van der Waals surface area (Å²) in [6.07, 6.45) is 0. The summed E-state index contributed by atoms with van der Waals surface area (Å²) in [7, 11) is 4.15. The summed E-state index contributed by atoms with van der Waals surface area (Å²) in [6.45, 7) is 7.29. The molecule has 0 bridgehead atoms. The third-order valence-electron chi connectivity index (χ3n) is 2.64. The average Bonchev–Trinajstić information content (AvgIpc) is 2.36. The Kier molecular flexibility index (Phi) is 7.30. The molecule has 0 fully saturated rings. The largest absolute Gasteiger partial charge is 0.490 e. The number of nitrogens with one attached hydrogen (secondary N) is 1. The van der Waals surface area contributed by atoms with Crippen molar-refractivity contribution in [3.63, 3.8) is 0 Å². The van der Waals surface area contributed by atoms with Gasteiger partial charge in [0.15, 0.2) is 11.5 Å². The van der Waals surface area contributed by atoms with Crippen molar-refractivity contribution in [1.29, 1.82) is 0 Å². The molecule has 1 aromatic rings. The van der Waals surface area contributed by atoms with E-state index in [0.29, 0.717) is 19.3 Å². The van der Waals surface area contributed by atoms with Crippen molar-refractivity contribution < 1.29 is 9.47 Å². The molecular weight excluding hydrogens is 240 g/mol. The maximum Gasteiger partial charge on any atom is 0.161 e. The highest BCUT2D eigenvalue weighted by molar-refractivity contribution is 5.39. The molecule has 108 valence electrons. The Morgan fingerprint density at radius 2 is 1.79 bits per heavy atom. The minimum atomic E-state index is 0.459. The Morgan fingerprint density at radius 3 is 2.37 bits per heavy atom. The lowest BCUT2D eigenvalue weighted by Gasteiger charge is -2.18. The number of benzene rings is 1. The maximum atomic E-state index is 5.74. The highest BCUT2D eigenvalue weighted by atomic mass is 16.5. The second kappa shape index (κ2) is 8.77. The number of nitrogens with zero attached hydrogens (tertiary/aromatic N) is 1. The van der Waals surface area contributed by atoms with Crippen LogP contribution in [0.2, 0.25) is 0 Å². The van der Waals surface area contributed by atoms with Crippen molar-refractivity contribution >= 4 is 0 Å². The molecule has 0 aliphatic rings. The van der Waals surface area contributed by atoms with Crippen LogP contribution < -0.4 is 14.8 Å². The minimum absolute atomic E-state index is 0.459. The van der Waals surface area contributed by atoms with Crippen molar-refractivity contribution in [2.24, 2.45) is 0 Å². The molecule has 0 heterocycles. The molecule has 0 amide bonds. The first kappa shape index (κ1) is 15.8. The van der Waals surface area contributed by atoms with E-state index in [9.17, 15) is 0 Å². The van der Waals surface area contributed by atoms with Gasteiger partial charge in [-0.15, -0.1) is 0 Å². The van der Waals surface area contributed by atoms with Crippen molar-refractivity contribution in [2.45, 2.75) is 19.9 Å². The van der Waals surface area contributed by atoms with Gasteiger partial charge < -0.3 is 19.7 Å². The molecule has 0 aliphatic heterocycles. The molecule has 0 aromatic heterocycles. The van der Waals surface area contributed by atoms with Crippen molar-refractivity contribution in [3.05, 3.63) is 24.3 Å². The van der Waals surface area contributed by atoms with Gasteiger partial charge in [0.1, 0.15) is 6.61 Å². The van der Waals surface area contributed by atoms with Crippen molar-refractivity contribution in [1.82, 2.24) is 10.2 Å². The number of hydrogen-bond donors (Lipinski definition) is 1. The van der Waals surface area contributed by atoms with Gasteiger partial charge >= 0.3 is 0 Å². The molecule has 1 N–H and O–H groups in total. The van der Waals surface area contributed by atoms with E-state index in [1.54, 1.807) is 0 Å². The van der Waals surface area contributed by atoms with Crippen LogP contribution in [0, 0.1) is 0 Å². The van der Waals surface area contributed by atoms with Crippen LogP contribution in [0.15, 0.2) is 24.3 Å². The van der Waals surface area contributed by atoms with E-state index in [1.807, 2.05) is 31.2 Å². The topological polar surface area (TPSA) is 33.7 Å². The van der Waals surface area contributed by atoms with E-state index in [4.69, 9.17) is 9.47 Å². The van der Waals surface area contributed by atoms with E-state index in [-0.39, 0.29) is 0 Å². The molecule has 1 aromatic carbocycles. The van der Waals surface area contributed by atoms with Gasteiger partial charge in [-0.3, -0.25) is 0 Å². The molecule has 0 spiro atoms. The molecule has 1 rings (SSSR count). The lowest BCUT2D eigenvalue weighted by atomic mass is 10.3. The van der Waals surface area contributed by atoms with E-state index in [2.05, 4.69) is 31.2 Å². The van der Waals surface area contributed by atoms with Crippen LogP contribution >= 0.6 is 0 Å². The Bertz CT molecular complexity index is 356. The fourth-order valence-corrected chi connectivity index (χ4v) is 1.92. The van der Waals surface area contributed by atoms with Gasteiger partial charge in [0.05, 0.1) is 6.61 Å². The summed E-state index contributed by atoms with van der Waals surface area (Å²) in [5.41, 5.74) is 0. The second-order valence-corrected chi connectivity index (χ2v) is 4.85. The van der Waals surface area contributed by atoms with Crippen LogP contribution in [0.1, 0.15) is 13.8 Å². The van der Waals surface area contributed by atoms with E-state index in [0.717, 1.165) is 24.6 Å². The Morgan fingerprint density at radius 1 is 1.16 bits per heavy atom. The van der Waals surface area contributed by atoms with Gasteiger partial charge in [-0.05, 0) is 40.1 Å². The first-order valence-electron chi connectivity index (χ1n) is 6.86. The minimum Gasteiger partial charge on any atom is -0.490 e. The summed E-state index contributed by atoms with van der Waals surface area (Å²) in [5, 5.41) is 3.43. The van der Waals surface area contributed by atoms with Crippen LogP contribution in [0.25, 0.3) is 0 Å². The van der Waals surface area contributed by atoms with Crippen molar-refractivity contribution in [2.75, 3.05) is 40.4 Å². The monoisotopic (exact) mass is 266 g/mol. The quantitative estimate of drug-likeness (QED) is 0.693. The normalized spacial score (nSPS) is 12.5. The first-order chi connectivity index (χ1) is 9.13. The number of ether oxygens (including phenoxy) is 2. The Hall–Kier alpha value is -1.26. The zero-order valence-electron chi connectivity index (χ0n) is 12.5. The lowest BCUT2D eigenvalue weighted by Crippen LogP contribution is -2.37. The number of likely N-dealkylation sites (N-methyl/N-ethyl adjacent to an activating group) is 1. The summed E-state index contributed by atoms with van der Waals surface area (Å²) in [6, 6.07) is 8.24. The predicted octanol–water partition coefficient (Wildman–Crippen LogP) is 2.00. The molecule has 0 saturated carbocycles.